The number of hydrogen-bond donors (Lipinski definition) is 0. The molecule has 1 aliphatic carbocycles. The van der Waals surface area contributed by atoms with Crippen molar-refractivity contribution in [2.75, 3.05) is 0 Å². The van der Waals surface area contributed by atoms with E-state index in [9.17, 15) is 0 Å². The largest absolute Gasteiger partial charge is 0.228 e. The van der Waals surface area contributed by atoms with Gasteiger partial charge in [-0.25, -0.2) is 9.97 Å². The van der Waals surface area contributed by atoms with E-state index in [-0.39, 0.29) is 5.41 Å². The van der Waals surface area contributed by atoms with Crippen LogP contribution in [0.3, 0.4) is 0 Å². The normalized spacial score (nSPS) is 12.5. The van der Waals surface area contributed by atoms with Gasteiger partial charge < -0.3 is 0 Å². The number of aromatic nitrogens is 2. The summed E-state index contributed by atoms with van der Waals surface area (Å²) in [5.74, 6) is 0.691. The van der Waals surface area contributed by atoms with Crippen molar-refractivity contribution in [3.05, 3.63) is 217 Å². The molecule has 0 radical (unpaired) electrons. The van der Waals surface area contributed by atoms with Crippen LogP contribution in [0, 0.1) is 0 Å². The molecular weight excluding hydrogens is 689 g/mol. The minimum atomic E-state index is -0.0293. The first-order chi connectivity index (χ1) is 28.0. The number of fused-ring (bicyclic) bond motifs is 3. The first kappa shape index (κ1) is 34.3. The van der Waals surface area contributed by atoms with Crippen molar-refractivity contribution in [3.8, 4) is 89.5 Å². The molecule has 0 fully saturated rings. The van der Waals surface area contributed by atoms with Crippen molar-refractivity contribution in [3.63, 3.8) is 0 Å². The number of nitrogens with zero attached hydrogens (tertiary/aromatic N) is 2. The van der Waals surface area contributed by atoms with E-state index < -0.39 is 0 Å². The molecule has 0 amide bonds. The zero-order chi connectivity index (χ0) is 38.3. The Hall–Kier alpha value is -7.16. The van der Waals surface area contributed by atoms with Crippen molar-refractivity contribution in [2.24, 2.45) is 0 Å². The Balaban J connectivity index is 1.03. The molecule has 0 saturated heterocycles. The minimum Gasteiger partial charge on any atom is -0.228 e. The van der Waals surface area contributed by atoms with E-state index in [1.807, 2.05) is 6.07 Å². The van der Waals surface area contributed by atoms with Crippen LogP contribution in [0.1, 0.15) is 25.0 Å². The third-order valence-electron chi connectivity index (χ3n) is 11.5. The number of rotatable bonds is 7. The van der Waals surface area contributed by atoms with Crippen LogP contribution in [-0.2, 0) is 5.41 Å². The van der Waals surface area contributed by atoms with E-state index in [0.717, 1.165) is 61.5 Å². The summed E-state index contributed by atoms with van der Waals surface area (Å²) in [7, 11) is 0. The van der Waals surface area contributed by atoms with Crippen molar-refractivity contribution < 1.29 is 0 Å². The highest BCUT2D eigenvalue weighted by Gasteiger charge is 2.35. The molecule has 0 aliphatic heterocycles. The van der Waals surface area contributed by atoms with Crippen LogP contribution in [-0.4, -0.2) is 9.97 Å². The van der Waals surface area contributed by atoms with Crippen LogP contribution in [0.4, 0.5) is 0 Å². The second-order valence-electron chi connectivity index (χ2n) is 15.4. The Morgan fingerprint density at radius 2 is 0.702 bits per heavy atom. The molecule has 2 heteroatoms. The van der Waals surface area contributed by atoms with Gasteiger partial charge in [0, 0.05) is 22.1 Å². The van der Waals surface area contributed by atoms with E-state index >= 15 is 0 Å². The third kappa shape index (κ3) is 6.46. The Morgan fingerprint density at radius 1 is 0.281 bits per heavy atom. The van der Waals surface area contributed by atoms with E-state index in [1.54, 1.807) is 0 Å². The molecule has 0 spiro atoms. The highest BCUT2D eigenvalue weighted by Crippen LogP contribution is 2.49. The average molecular weight is 729 g/mol. The molecule has 0 unspecified atom stereocenters. The van der Waals surface area contributed by atoms with Crippen LogP contribution in [0.15, 0.2) is 206 Å². The van der Waals surface area contributed by atoms with Gasteiger partial charge in [0.1, 0.15) is 0 Å². The lowest BCUT2D eigenvalue weighted by atomic mass is 9.81. The molecule has 0 N–H and O–H groups in total. The number of benzene rings is 8. The minimum absolute atomic E-state index is 0.0293. The molecule has 270 valence electrons. The van der Waals surface area contributed by atoms with Gasteiger partial charge in [-0.3, -0.25) is 0 Å². The van der Waals surface area contributed by atoms with Gasteiger partial charge in [-0.1, -0.05) is 184 Å². The first-order valence-electron chi connectivity index (χ1n) is 19.6. The Morgan fingerprint density at radius 3 is 1.33 bits per heavy atom. The van der Waals surface area contributed by atoms with E-state index in [4.69, 9.17) is 9.97 Å². The monoisotopic (exact) mass is 728 g/mol. The topological polar surface area (TPSA) is 25.8 Å². The summed E-state index contributed by atoms with van der Waals surface area (Å²) in [5.41, 5.74) is 19.6. The van der Waals surface area contributed by atoms with E-state index in [1.165, 1.54) is 33.4 Å². The van der Waals surface area contributed by atoms with Crippen molar-refractivity contribution in [1.82, 2.24) is 9.97 Å². The summed E-state index contributed by atoms with van der Waals surface area (Å²) in [6.45, 7) is 4.68. The summed E-state index contributed by atoms with van der Waals surface area (Å²) in [4.78, 5) is 10.5. The van der Waals surface area contributed by atoms with Gasteiger partial charge >= 0.3 is 0 Å². The van der Waals surface area contributed by atoms with E-state index in [0.29, 0.717) is 5.82 Å². The van der Waals surface area contributed by atoms with Crippen molar-refractivity contribution in [1.29, 1.82) is 0 Å². The predicted molar refractivity (Wildman–Crippen MR) is 238 cm³/mol. The summed E-state index contributed by atoms with van der Waals surface area (Å²) in [5, 5.41) is 0. The Kier molecular flexibility index (Phi) is 8.53. The van der Waals surface area contributed by atoms with Crippen LogP contribution < -0.4 is 0 Å². The summed E-state index contributed by atoms with van der Waals surface area (Å²) >= 11 is 0. The molecule has 0 atom stereocenters. The molecule has 57 heavy (non-hydrogen) atoms. The zero-order valence-corrected chi connectivity index (χ0v) is 32.0. The van der Waals surface area contributed by atoms with Gasteiger partial charge in [0.2, 0.25) is 0 Å². The molecule has 1 aliphatic rings. The summed E-state index contributed by atoms with van der Waals surface area (Å²) in [6.07, 6.45) is 0. The standard InChI is InChI=1S/C55H40N2/c1-55(2)50-24-13-12-23-48(50)49-30-29-43(35-51(49)55)40-27-25-39(26-28-40)42-21-14-22-44(31-42)53-36-52(41-19-10-5-11-20-41)56-54(57-53)47-33-45(37-15-6-3-7-16-37)32-46(34-47)38-17-8-4-9-18-38/h3-36H,1-2H3. The molecule has 10 rings (SSSR count). The molecule has 1 aromatic heterocycles. The van der Waals surface area contributed by atoms with Gasteiger partial charge in [-0.05, 0) is 103 Å². The van der Waals surface area contributed by atoms with Crippen LogP contribution >= 0.6 is 0 Å². The number of hydrogen-bond acceptors (Lipinski definition) is 2. The van der Waals surface area contributed by atoms with Crippen LogP contribution in [0.5, 0.6) is 0 Å². The molecule has 0 bridgehead atoms. The van der Waals surface area contributed by atoms with Crippen LogP contribution in [0.2, 0.25) is 0 Å². The van der Waals surface area contributed by atoms with E-state index in [2.05, 4.69) is 214 Å². The highest BCUT2D eigenvalue weighted by atomic mass is 14.9. The van der Waals surface area contributed by atoms with Crippen molar-refractivity contribution >= 4 is 0 Å². The van der Waals surface area contributed by atoms with Gasteiger partial charge in [-0.2, -0.15) is 0 Å². The molecule has 0 saturated carbocycles. The van der Waals surface area contributed by atoms with Gasteiger partial charge in [0.15, 0.2) is 5.82 Å². The summed E-state index contributed by atoms with van der Waals surface area (Å²) < 4.78 is 0. The second kappa shape index (κ2) is 14.2. The maximum atomic E-state index is 5.30. The lowest BCUT2D eigenvalue weighted by molar-refractivity contribution is 0.660. The molecule has 8 aromatic carbocycles. The van der Waals surface area contributed by atoms with Gasteiger partial charge in [0.25, 0.3) is 0 Å². The maximum absolute atomic E-state index is 5.30. The van der Waals surface area contributed by atoms with Gasteiger partial charge in [-0.15, -0.1) is 0 Å². The third-order valence-corrected chi connectivity index (χ3v) is 11.5. The molecule has 9 aromatic rings. The summed E-state index contributed by atoms with van der Waals surface area (Å²) in [6, 6.07) is 73.8. The van der Waals surface area contributed by atoms with Gasteiger partial charge in [0.05, 0.1) is 11.4 Å². The molecular formula is C55H40N2. The zero-order valence-electron chi connectivity index (χ0n) is 32.0. The van der Waals surface area contributed by atoms with Crippen molar-refractivity contribution in [2.45, 2.75) is 19.3 Å². The fraction of sp³-hybridized carbons (Fsp3) is 0.0545. The Bertz CT molecular complexity index is 2840. The van der Waals surface area contributed by atoms with Crippen LogP contribution in [0.25, 0.3) is 89.5 Å². The molecule has 1 heterocycles. The Labute approximate surface area is 334 Å². The lowest BCUT2D eigenvalue weighted by Crippen LogP contribution is -2.14. The quantitative estimate of drug-likeness (QED) is 0.163. The average Bonchev–Trinajstić information content (AvgIpc) is 3.52. The second-order valence-corrected chi connectivity index (χ2v) is 15.4. The smallest absolute Gasteiger partial charge is 0.160 e. The maximum Gasteiger partial charge on any atom is 0.160 e. The lowest BCUT2D eigenvalue weighted by Gasteiger charge is -2.22. The first-order valence-corrected chi connectivity index (χ1v) is 19.6. The predicted octanol–water partition coefficient (Wildman–Crippen LogP) is 14.5. The highest BCUT2D eigenvalue weighted by molar-refractivity contribution is 5.85. The fourth-order valence-electron chi connectivity index (χ4n) is 8.43. The fourth-order valence-corrected chi connectivity index (χ4v) is 8.43. The SMILES string of the molecule is CC1(C)c2ccccc2-c2ccc(-c3ccc(-c4cccc(-c5cc(-c6ccccc6)nc(-c6cc(-c7ccccc7)cc(-c7ccccc7)c6)n5)c4)cc3)cc21. The molecule has 2 nitrogen and oxygen atoms in total.